The van der Waals surface area contributed by atoms with E-state index in [4.69, 9.17) is 9.84 Å². The molecule has 0 spiro atoms. The Morgan fingerprint density at radius 3 is 2.65 bits per heavy atom. The summed E-state index contributed by atoms with van der Waals surface area (Å²) < 4.78 is 6.27. The Morgan fingerprint density at radius 2 is 2.00 bits per heavy atom. The van der Waals surface area contributed by atoms with Crippen molar-refractivity contribution < 1.29 is 24.2 Å². The summed E-state index contributed by atoms with van der Waals surface area (Å²) in [5.41, 5.74) is 2.11. The number of carboxylic acid groups (broad SMARTS) is 1. The molecule has 1 atom stereocenters. The van der Waals surface area contributed by atoms with E-state index in [1.807, 2.05) is 24.3 Å². The van der Waals surface area contributed by atoms with Gasteiger partial charge in [-0.15, -0.1) is 0 Å². The van der Waals surface area contributed by atoms with Crippen LogP contribution in [0.3, 0.4) is 0 Å². The van der Waals surface area contributed by atoms with Crippen molar-refractivity contribution in [1.82, 2.24) is 14.7 Å². The molecular weight excluding hydrogens is 338 g/mol. The molecule has 1 aliphatic rings. The number of nitrogens with zero attached hydrogens (tertiary/aromatic N) is 3. The third kappa shape index (κ3) is 3.58. The van der Waals surface area contributed by atoms with Gasteiger partial charge >= 0.3 is 11.9 Å². The van der Waals surface area contributed by atoms with Crippen molar-refractivity contribution in [2.75, 3.05) is 7.11 Å². The highest BCUT2D eigenvalue weighted by Gasteiger charge is 2.34. The number of methoxy groups -OCH3 is 1. The van der Waals surface area contributed by atoms with Gasteiger partial charge in [-0.05, 0) is 11.1 Å². The van der Waals surface area contributed by atoms with Crippen molar-refractivity contribution in [3.05, 3.63) is 53.3 Å². The van der Waals surface area contributed by atoms with Gasteiger partial charge in [0.05, 0.1) is 18.9 Å². The highest BCUT2D eigenvalue weighted by molar-refractivity contribution is 5.87. The fraction of sp³-hybridized carbons (Fsp3) is 0.333. The van der Waals surface area contributed by atoms with Gasteiger partial charge in [-0.1, -0.05) is 24.3 Å². The fourth-order valence-corrected chi connectivity index (χ4v) is 3.08. The molecule has 8 nitrogen and oxygen atoms in total. The maximum absolute atomic E-state index is 12.7. The maximum atomic E-state index is 12.7. The summed E-state index contributed by atoms with van der Waals surface area (Å²) in [6.07, 6.45) is 3.13. The number of rotatable bonds is 5. The number of fused-ring (bicyclic) bond motifs is 1. The number of aryl methyl sites for hydroxylation is 1. The smallest absolute Gasteiger partial charge is 0.338 e. The molecule has 0 radical (unpaired) electrons. The number of ether oxygens (including phenoxy) is 1. The molecule has 0 aliphatic carbocycles. The molecule has 0 bridgehead atoms. The van der Waals surface area contributed by atoms with Crippen LogP contribution in [0.15, 0.2) is 36.7 Å². The fourth-order valence-electron chi connectivity index (χ4n) is 3.08. The molecule has 8 heteroatoms. The number of hydrogen-bond donors (Lipinski definition) is 1. The zero-order valence-electron chi connectivity index (χ0n) is 14.3. The van der Waals surface area contributed by atoms with Crippen LogP contribution in [0.5, 0.6) is 0 Å². The lowest BCUT2D eigenvalue weighted by molar-refractivity contribution is -0.154. The molecule has 26 heavy (non-hydrogen) atoms. The lowest BCUT2D eigenvalue weighted by Gasteiger charge is -2.35. The molecule has 0 fully saturated rings. The second-order valence-corrected chi connectivity index (χ2v) is 6.08. The second-order valence-electron chi connectivity index (χ2n) is 6.08. The number of benzene rings is 1. The minimum Gasteiger partial charge on any atom is -0.478 e. The summed E-state index contributed by atoms with van der Waals surface area (Å²) in [6.45, 7) is 0.576. The molecule has 1 unspecified atom stereocenters. The van der Waals surface area contributed by atoms with E-state index >= 15 is 0 Å². The van der Waals surface area contributed by atoms with Crippen molar-refractivity contribution in [3.63, 3.8) is 0 Å². The van der Waals surface area contributed by atoms with Crippen LogP contribution in [-0.2, 0) is 33.8 Å². The van der Waals surface area contributed by atoms with Crippen LogP contribution >= 0.6 is 0 Å². The molecule has 1 aliphatic heterocycles. The maximum Gasteiger partial charge on any atom is 0.338 e. The molecule has 2 aromatic rings. The Labute approximate surface area is 150 Å². The number of amides is 1. The van der Waals surface area contributed by atoms with Gasteiger partial charge in [0, 0.05) is 32.1 Å². The monoisotopic (exact) mass is 357 g/mol. The van der Waals surface area contributed by atoms with Crippen molar-refractivity contribution >= 4 is 17.8 Å². The van der Waals surface area contributed by atoms with Crippen LogP contribution in [0.2, 0.25) is 0 Å². The first kappa shape index (κ1) is 17.7. The van der Waals surface area contributed by atoms with Crippen LogP contribution in [0.4, 0.5) is 0 Å². The SMILES string of the molecule is COC(=O)C1Cc2ccccc2CN1C(=O)CCn1cc(C(=O)O)cn1. The predicted octanol–water partition coefficient (Wildman–Crippen LogP) is 1.10. The number of aromatic nitrogens is 2. The summed E-state index contributed by atoms with van der Waals surface area (Å²) in [4.78, 5) is 37.3. The van der Waals surface area contributed by atoms with Gasteiger partial charge in [0.15, 0.2) is 0 Å². The van der Waals surface area contributed by atoms with E-state index < -0.39 is 18.0 Å². The summed E-state index contributed by atoms with van der Waals surface area (Å²) in [7, 11) is 1.31. The van der Waals surface area contributed by atoms with E-state index in [-0.39, 0.29) is 24.4 Å². The molecule has 0 saturated heterocycles. The zero-order chi connectivity index (χ0) is 18.7. The quantitative estimate of drug-likeness (QED) is 0.804. The second kappa shape index (κ2) is 7.38. The Hall–Kier alpha value is -3.16. The predicted molar refractivity (Wildman–Crippen MR) is 90.3 cm³/mol. The van der Waals surface area contributed by atoms with E-state index in [1.165, 1.54) is 29.1 Å². The van der Waals surface area contributed by atoms with E-state index in [9.17, 15) is 14.4 Å². The van der Waals surface area contributed by atoms with Crippen LogP contribution < -0.4 is 0 Å². The van der Waals surface area contributed by atoms with Crippen LogP contribution in [0.25, 0.3) is 0 Å². The number of carboxylic acids is 1. The Balaban J connectivity index is 1.73. The highest BCUT2D eigenvalue weighted by Crippen LogP contribution is 2.24. The topological polar surface area (TPSA) is 102 Å². The van der Waals surface area contributed by atoms with E-state index in [0.717, 1.165) is 11.1 Å². The molecule has 1 amide bonds. The molecule has 136 valence electrons. The van der Waals surface area contributed by atoms with Crippen LogP contribution in [0, 0.1) is 0 Å². The first-order valence-corrected chi connectivity index (χ1v) is 8.19. The van der Waals surface area contributed by atoms with Gasteiger partial charge in [-0.3, -0.25) is 9.48 Å². The minimum absolute atomic E-state index is 0.0665. The van der Waals surface area contributed by atoms with E-state index in [2.05, 4.69) is 5.10 Å². The van der Waals surface area contributed by atoms with Crippen molar-refractivity contribution in [2.24, 2.45) is 0 Å². The summed E-state index contributed by atoms with van der Waals surface area (Å²) >= 11 is 0. The molecule has 0 saturated carbocycles. The van der Waals surface area contributed by atoms with Crippen LogP contribution in [-0.4, -0.2) is 50.8 Å². The van der Waals surface area contributed by atoms with Crippen molar-refractivity contribution in [3.8, 4) is 0 Å². The highest BCUT2D eigenvalue weighted by atomic mass is 16.5. The van der Waals surface area contributed by atoms with Gasteiger partial charge in [-0.2, -0.15) is 5.10 Å². The molecule has 1 N–H and O–H groups in total. The minimum atomic E-state index is -1.07. The number of carbonyl (C=O) groups is 3. The number of aromatic carboxylic acids is 1. The number of hydrogen-bond acceptors (Lipinski definition) is 5. The molecular formula is C18H19N3O5. The summed E-state index contributed by atoms with van der Waals surface area (Å²) in [5.74, 6) is -1.72. The Bertz CT molecular complexity index is 845. The number of esters is 1. The lowest BCUT2D eigenvalue weighted by atomic mass is 9.93. The molecule has 2 heterocycles. The first-order chi connectivity index (χ1) is 12.5. The molecule has 1 aromatic heterocycles. The van der Waals surface area contributed by atoms with E-state index in [1.54, 1.807) is 0 Å². The van der Waals surface area contributed by atoms with Crippen molar-refractivity contribution in [2.45, 2.75) is 32.0 Å². The normalized spacial score (nSPS) is 16.0. The Kier molecular flexibility index (Phi) is 5.01. The van der Waals surface area contributed by atoms with Gasteiger partial charge in [0.2, 0.25) is 5.91 Å². The van der Waals surface area contributed by atoms with Gasteiger partial charge < -0.3 is 14.7 Å². The van der Waals surface area contributed by atoms with Crippen molar-refractivity contribution in [1.29, 1.82) is 0 Å². The summed E-state index contributed by atoms with van der Waals surface area (Å²) in [5, 5.41) is 12.8. The lowest BCUT2D eigenvalue weighted by Crippen LogP contribution is -2.49. The van der Waals surface area contributed by atoms with Gasteiger partial charge in [-0.25, -0.2) is 9.59 Å². The van der Waals surface area contributed by atoms with Crippen LogP contribution in [0.1, 0.15) is 27.9 Å². The third-order valence-corrected chi connectivity index (χ3v) is 4.48. The average Bonchev–Trinajstić information content (AvgIpc) is 3.13. The summed E-state index contributed by atoms with van der Waals surface area (Å²) in [6, 6.07) is 7.04. The molecule has 1 aromatic carbocycles. The zero-order valence-corrected chi connectivity index (χ0v) is 14.3. The number of carbonyl (C=O) groups excluding carboxylic acids is 2. The van der Waals surface area contributed by atoms with E-state index in [0.29, 0.717) is 13.0 Å². The standard InChI is InChI=1S/C18H19N3O5/c1-26-18(25)15-8-12-4-2-3-5-13(12)11-21(15)16(22)6-7-20-10-14(9-19-20)17(23)24/h2-5,9-10,15H,6-8,11H2,1H3,(H,23,24). The van der Waals surface area contributed by atoms with Gasteiger partial charge in [0.25, 0.3) is 0 Å². The largest absolute Gasteiger partial charge is 0.478 e. The average molecular weight is 357 g/mol. The molecule has 3 rings (SSSR count). The van der Waals surface area contributed by atoms with Gasteiger partial charge in [0.1, 0.15) is 6.04 Å². The first-order valence-electron chi connectivity index (χ1n) is 8.19. The Morgan fingerprint density at radius 1 is 1.27 bits per heavy atom. The third-order valence-electron chi connectivity index (χ3n) is 4.48.